The molecule has 0 aliphatic heterocycles. The number of nitrogens with zero attached hydrogens (tertiary/aromatic N) is 1. The molecular formula is C19H25N3O3S. The van der Waals surface area contributed by atoms with Gasteiger partial charge in [-0.3, -0.25) is 4.79 Å². The highest BCUT2D eigenvalue weighted by molar-refractivity contribution is 7.89. The van der Waals surface area contributed by atoms with Crippen molar-refractivity contribution < 1.29 is 13.2 Å². The predicted octanol–water partition coefficient (Wildman–Crippen LogP) is 2.99. The number of carbonyl (C=O) groups excluding carboxylic acids is 1. The molecule has 2 N–H and O–H groups in total. The molecule has 0 radical (unpaired) electrons. The number of hydrogen-bond acceptors (Lipinski definition) is 4. The van der Waals surface area contributed by atoms with E-state index in [0.29, 0.717) is 5.82 Å². The van der Waals surface area contributed by atoms with Gasteiger partial charge in [-0.25, -0.2) is 18.1 Å². The molecule has 2 aromatic rings. The molecule has 26 heavy (non-hydrogen) atoms. The van der Waals surface area contributed by atoms with Crippen LogP contribution in [-0.4, -0.2) is 25.9 Å². The number of benzene rings is 1. The van der Waals surface area contributed by atoms with Gasteiger partial charge in [0.1, 0.15) is 5.82 Å². The first-order valence-corrected chi connectivity index (χ1v) is 9.89. The summed E-state index contributed by atoms with van der Waals surface area (Å²) in [5, 5.41) is 2.65. The fraction of sp³-hybridized carbons (Fsp3) is 0.368. The monoisotopic (exact) mass is 375 g/mol. The van der Waals surface area contributed by atoms with Crippen molar-refractivity contribution in [3.63, 3.8) is 0 Å². The molecule has 0 saturated carbocycles. The molecule has 0 saturated heterocycles. The van der Waals surface area contributed by atoms with E-state index in [0.717, 1.165) is 11.1 Å². The van der Waals surface area contributed by atoms with Crippen LogP contribution >= 0.6 is 0 Å². The lowest BCUT2D eigenvalue weighted by molar-refractivity contribution is -0.116. The van der Waals surface area contributed by atoms with Gasteiger partial charge in [0.05, 0.1) is 4.90 Å². The third kappa shape index (κ3) is 5.64. The van der Waals surface area contributed by atoms with Crippen molar-refractivity contribution in [3.05, 3.63) is 53.7 Å². The van der Waals surface area contributed by atoms with E-state index >= 15 is 0 Å². The van der Waals surface area contributed by atoms with Crippen LogP contribution in [0, 0.1) is 6.92 Å². The fourth-order valence-corrected chi connectivity index (χ4v) is 3.36. The van der Waals surface area contributed by atoms with Crippen LogP contribution in [0.1, 0.15) is 38.3 Å². The minimum atomic E-state index is -3.64. The molecule has 1 aromatic carbocycles. The summed E-state index contributed by atoms with van der Waals surface area (Å²) in [4.78, 5) is 16.1. The van der Waals surface area contributed by atoms with Gasteiger partial charge in [-0.1, -0.05) is 32.9 Å². The highest BCUT2D eigenvalue weighted by atomic mass is 32.2. The van der Waals surface area contributed by atoms with Gasteiger partial charge in [0.25, 0.3) is 0 Å². The smallest absolute Gasteiger partial charge is 0.240 e. The van der Waals surface area contributed by atoms with Gasteiger partial charge in [-0.2, -0.15) is 0 Å². The van der Waals surface area contributed by atoms with E-state index in [-0.39, 0.29) is 29.2 Å². The number of rotatable bonds is 6. The minimum Gasteiger partial charge on any atom is -0.311 e. The SMILES string of the molecule is Cc1ccnc(NC(=O)CCNS(=O)(=O)c2ccc(C(C)(C)C)cc2)c1. The summed E-state index contributed by atoms with van der Waals surface area (Å²) in [6.07, 6.45) is 1.63. The first kappa shape index (κ1) is 20.1. The summed E-state index contributed by atoms with van der Waals surface area (Å²) in [7, 11) is -3.64. The van der Waals surface area contributed by atoms with Crippen molar-refractivity contribution in [3.8, 4) is 0 Å². The van der Waals surface area contributed by atoms with Gasteiger partial charge in [-0.05, 0) is 47.7 Å². The van der Waals surface area contributed by atoms with E-state index in [1.54, 1.807) is 24.4 Å². The lowest BCUT2D eigenvalue weighted by Gasteiger charge is -2.19. The normalized spacial score (nSPS) is 12.0. The minimum absolute atomic E-state index is 0.0149. The largest absolute Gasteiger partial charge is 0.311 e. The lowest BCUT2D eigenvalue weighted by atomic mass is 9.87. The fourth-order valence-electron chi connectivity index (χ4n) is 2.33. The standard InChI is InChI=1S/C19H25N3O3S/c1-14-9-11-20-17(13-14)22-18(23)10-12-21-26(24,25)16-7-5-15(6-8-16)19(2,3)4/h5-9,11,13,21H,10,12H2,1-4H3,(H,20,22,23). The molecule has 0 atom stereocenters. The second kappa shape index (κ2) is 7.97. The second-order valence-corrected chi connectivity index (χ2v) is 8.96. The van der Waals surface area contributed by atoms with Crippen molar-refractivity contribution in [1.82, 2.24) is 9.71 Å². The van der Waals surface area contributed by atoms with Crippen LogP contribution in [0.25, 0.3) is 0 Å². The van der Waals surface area contributed by atoms with Gasteiger partial charge < -0.3 is 5.32 Å². The molecule has 7 heteroatoms. The Balaban J connectivity index is 1.90. The number of nitrogens with one attached hydrogen (secondary N) is 2. The third-order valence-electron chi connectivity index (χ3n) is 3.86. The second-order valence-electron chi connectivity index (χ2n) is 7.19. The maximum Gasteiger partial charge on any atom is 0.240 e. The first-order valence-electron chi connectivity index (χ1n) is 8.41. The number of hydrogen-bond donors (Lipinski definition) is 2. The molecule has 0 aliphatic carbocycles. The molecular weight excluding hydrogens is 350 g/mol. The molecule has 1 heterocycles. The van der Waals surface area contributed by atoms with E-state index in [4.69, 9.17) is 0 Å². The van der Waals surface area contributed by atoms with Gasteiger partial charge in [0, 0.05) is 19.2 Å². The van der Waals surface area contributed by atoms with E-state index in [1.165, 1.54) is 0 Å². The summed E-state index contributed by atoms with van der Waals surface area (Å²) in [6.45, 7) is 8.11. The first-order chi connectivity index (χ1) is 12.1. The van der Waals surface area contributed by atoms with Crippen molar-refractivity contribution in [2.75, 3.05) is 11.9 Å². The molecule has 0 bridgehead atoms. The number of anilines is 1. The summed E-state index contributed by atoms with van der Waals surface area (Å²) < 4.78 is 27.1. The van der Waals surface area contributed by atoms with Crippen LogP contribution in [-0.2, 0) is 20.2 Å². The summed E-state index contributed by atoms with van der Waals surface area (Å²) in [5.41, 5.74) is 1.99. The van der Waals surface area contributed by atoms with Gasteiger partial charge in [0.2, 0.25) is 15.9 Å². The van der Waals surface area contributed by atoms with Crippen LogP contribution in [0.2, 0.25) is 0 Å². The average Bonchev–Trinajstić information content (AvgIpc) is 2.54. The zero-order chi connectivity index (χ0) is 19.4. The molecule has 2 rings (SSSR count). The molecule has 140 valence electrons. The van der Waals surface area contributed by atoms with Crippen LogP contribution in [0.5, 0.6) is 0 Å². The maximum absolute atomic E-state index is 12.3. The Morgan fingerprint density at radius 2 is 1.77 bits per heavy atom. The van der Waals surface area contributed by atoms with Crippen LogP contribution in [0.3, 0.4) is 0 Å². The van der Waals surface area contributed by atoms with E-state index in [2.05, 4.69) is 35.8 Å². The predicted molar refractivity (Wildman–Crippen MR) is 103 cm³/mol. The molecule has 0 fully saturated rings. The van der Waals surface area contributed by atoms with Crippen LogP contribution in [0.4, 0.5) is 5.82 Å². The van der Waals surface area contributed by atoms with Crippen molar-refractivity contribution in [2.24, 2.45) is 0 Å². The van der Waals surface area contributed by atoms with Gasteiger partial charge >= 0.3 is 0 Å². The Labute approximate surface area is 155 Å². The highest BCUT2D eigenvalue weighted by Crippen LogP contribution is 2.23. The molecule has 1 aromatic heterocycles. The Bertz CT molecular complexity index is 870. The Morgan fingerprint density at radius 1 is 1.12 bits per heavy atom. The van der Waals surface area contributed by atoms with E-state index < -0.39 is 10.0 Å². The number of amides is 1. The molecule has 0 unspecified atom stereocenters. The van der Waals surface area contributed by atoms with Gasteiger partial charge in [0.15, 0.2) is 0 Å². The number of aromatic nitrogens is 1. The maximum atomic E-state index is 12.3. The molecule has 0 aliphatic rings. The zero-order valence-corrected chi connectivity index (χ0v) is 16.4. The van der Waals surface area contributed by atoms with Crippen molar-refractivity contribution >= 4 is 21.7 Å². The van der Waals surface area contributed by atoms with Gasteiger partial charge in [-0.15, -0.1) is 0 Å². The topological polar surface area (TPSA) is 88.2 Å². The molecule has 0 spiro atoms. The molecule has 1 amide bonds. The number of aryl methyl sites for hydroxylation is 1. The Morgan fingerprint density at radius 3 is 2.35 bits per heavy atom. The zero-order valence-electron chi connectivity index (χ0n) is 15.5. The third-order valence-corrected chi connectivity index (χ3v) is 5.33. The van der Waals surface area contributed by atoms with E-state index in [9.17, 15) is 13.2 Å². The number of pyridine rings is 1. The Hall–Kier alpha value is -2.25. The van der Waals surface area contributed by atoms with Crippen molar-refractivity contribution in [2.45, 2.75) is 44.4 Å². The summed E-state index contributed by atoms with van der Waals surface area (Å²) >= 11 is 0. The average molecular weight is 375 g/mol. The van der Waals surface area contributed by atoms with Crippen LogP contribution in [0.15, 0.2) is 47.5 Å². The number of carbonyl (C=O) groups is 1. The number of sulfonamides is 1. The Kier molecular flexibility index (Phi) is 6.15. The molecule has 6 nitrogen and oxygen atoms in total. The quantitative estimate of drug-likeness (QED) is 0.812. The highest BCUT2D eigenvalue weighted by Gasteiger charge is 2.17. The lowest BCUT2D eigenvalue weighted by Crippen LogP contribution is -2.28. The van der Waals surface area contributed by atoms with E-state index in [1.807, 2.05) is 25.1 Å². The summed E-state index contributed by atoms with van der Waals surface area (Å²) in [6, 6.07) is 10.4. The van der Waals surface area contributed by atoms with Crippen molar-refractivity contribution in [1.29, 1.82) is 0 Å². The summed E-state index contributed by atoms with van der Waals surface area (Å²) in [5.74, 6) is 0.157. The van der Waals surface area contributed by atoms with Crippen LogP contribution < -0.4 is 10.0 Å².